The predicted molar refractivity (Wildman–Crippen MR) is 88.6 cm³/mol. The molecule has 126 valence electrons. The Morgan fingerprint density at radius 3 is 2.05 bits per heavy atom. The Kier molecular flexibility index (Phi) is 4.82. The van der Waals surface area contributed by atoms with Crippen LogP contribution in [0.5, 0.6) is 0 Å². The second-order valence-electron chi connectivity index (χ2n) is 7.98. The van der Waals surface area contributed by atoms with Crippen molar-refractivity contribution in [3.63, 3.8) is 0 Å². The van der Waals surface area contributed by atoms with Crippen molar-refractivity contribution in [2.75, 3.05) is 19.6 Å². The van der Waals surface area contributed by atoms with Crippen LogP contribution < -0.4 is 0 Å². The molecule has 4 aliphatic rings. The lowest BCUT2D eigenvalue weighted by Crippen LogP contribution is -2.59. The highest BCUT2D eigenvalue weighted by Crippen LogP contribution is 2.60. The summed E-state index contributed by atoms with van der Waals surface area (Å²) in [4.78, 5) is 14.3. The highest BCUT2D eigenvalue weighted by Gasteiger charge is 2.58. The normalized spacial score (nSPS) is 39.5. The van der Waals surface area contributed by atoms with Gasteiger partial charge in [-0.05, 0) is 88.3 Å². The van der Waals surface area contributed by atoms with Crippen molar-refractivity contribution in [3.05, 3.63) is 0 Å². The summed E-state index contributed by atoms with van der Waals surface area (Å²) in [5.41, 5.74) is -0.119. The van der Waals surface area contributed by atoms with Crippen LogP contribution in [0.4, 0.5) is 0 Å². The molecule has 3 nitrogen and oxygen atoms in total. The first-order chi connectivity index (χ1) is 10.6. The highest BCUT2D eigenvalue weighted by molar-refractivity contribution is 5.66. The maximum atomic E-state index is 11.8. The molecule has 4 aliphatic carbocycles. The predicted octanol–water partition coefficient (Wildman–Crippen LogP) is 3.87. The van der Waals surface area contributed by atoms with Gasteiger partial charge in [-0.1, -0.05) is 13.8 Å². The van der Waals surface area contributed by atoms with E-state index in [-0.39, 0.29) is 11.6 Å². The zero-order valence-electron chi connectivity index (χ0n) is 14.6. The van der Waals surface area contributed by atoms with Crippen LogP contribution in [0, 0.1) is 23.7 Å². The lowest BCUT2D eigenvalue weighted by molar-refractivity contribution is -0.210. The fourth-order valence-corrected chi connectivity index (χ4v) is 5.99. The van der Waals surface area contributed by atoms with E-state index in [0.717, 1.165) is 44.3 Å². The molecule has 0 aliphatic heterocycles. The van der Waals surface area contributed by atoms with Crippen molar-refractivity contribution in [3.8, 4) is 0 Å². The Labute approximate surface area is 135 Å². The Morgan fingerprint density at radius 1 is 1.05 bits per heavy atom. The third-order valence-electron chi connectivity index (χ3n) is 6.79. The van der Waals surface area contributed by atoms with Gasteiger partial charge in [0.1, 0.15) is 5.60 Å². The van der Waals surface area contributed by atoms with Crippen molar-refractivity contribution < 1.29 is 9.53 Å². The van der Waals surface area contributed by atoms with Crippen LogP contribution in [0.15, 0.2) is 0 Å². The maximum absolute atomic E-state index is 11.8. The van der Waals surface area contributed by atoms with Gasteiger partial charge in [0.2, 0.25) is 0 Å². The number of carbonyl (C=O) groups is 1. The Hall–Kier alpha value is -0.570. The third kappa shape index (κ3) is 2.93. The number of esters is 1. The summed E-state index contributed by atoms with van der Waals surface area (Å²) in [6, 6.07) is 0. The molecule has 0 saturated heterocycles. The molecule has 22 heavy (non-hydrogen) atoms. The van der Waals surface area contributed by atoms with Crippen LogP contribution in [0.1, 0.15) is 65.7 Å². The Balaban J connectivity index is 1.70. The molecule has 0 spiro atoms. The molecule has 0 amide bonds. The minimum atomic E-state index is -0.119. The Bertz CT molecular complexity index is 374. The van der Waals surface area contributed by atoms with Gasteiger partial charge < -0.3 is 9.64 Å². The van der Waals surface area contributed by atoms with E-state index in [1.165, 1.54) is 32.1 Å². The van der Waals surface area contributed by atoms with Gasteiger partial charge in [0.25, 0.3) is 0 Å². The molecule has 0 N–H and O–H groups in total. The van der Waals surface area contributed by atoms with Gasteiger partial charge in [-0.2, -0.15) is 0 Å². The lowest BCUT2D eigenvalue weighted by atomic mass is 9.49. The average molecular weight is 307 g/mol. The van der Waals surface area contributed by atoms with Crippen molar-refractivity contribution in [2.45, 2.75) is 71.3 Å². The van der Waals surface area contributed by atoms with E-state index in [0.29, 0.717) is 11.8 Å². The monoisotopic (exact) mass is 307 g/mol. The number of rotatable bonds is 7. The summed E-state index contributed by atoms with van der Waals surface area (Å²) in [6.45, 7) is 9.45. The van der Waals surface area contributed by atoms with Gasteiger partial charge in [0, 0.05) is 6.92 Å². The van der Waals surface area contributed by atoms with E-state index in [4.69, 9.17) is 4.74 Å². The minimum absolute atomic E-state index is 0.0599. The molecule has 4 saturated carbocycles. The molecule has 0 unspecified atom stereocenters. The van der Waals surface area contributed by atoms with Crippen LogP contribution in [-0.4, -0.2) is 36.1 Å². The maximum Gasteiger partial charge on any atom is 0.303 e. The number of hydrogen-bond acceptors (Lipinski definition) is 3. The molecule has 4 bridgehead atoms. The van der Waals surface area contributed by atoms with E-state index < -0.39 is 0 Å². The van der Waals surface area contributed by atoms with Gasteiger partial charge in [-0.3, -0.25) is 4.79 Å². The SMILES string of the molecule is CCN(CC)CCCC1(OC(C)=O)C2CC3CC(C2)CC1C3. The van der Waals surface area contributed by atoms with E-state index >= 15 is 0 Å². The van der Waals surface area contributed by atoms with Crippen LogP contribution in [0.2, 0.25) is 0 Å². The largest absolute Gasteiger partial charge is 0.459 e. The molecule has 0 radical (unpaired) electrons. The summed E-state index contributed by atoms with van der Waals surface area (Å²) >= 11 is 0. The molecule has 0 aromatic carbocycles. The van der Waals surface area contributed by atoms with Gasteiger partial charge >= 0.3 is 5.97 Å². The smallest absolute Gasteiger partial charge is 0.303 e. The molecule has 0 heterocycles. The van der Waals surface area contributed by atoms with E-state index in [1.807, 2.05) is 0 Å². The third-order valence-corrected chi connectivity index (χ3v) is 6.79. The van der Waals surface area contributed by atoms with Crippen LogP contribution >= 0.6 is 0 Å². The summed E-state index contributed by atoms with van der Waals surface area (Å²) in [5.74, 6) is 3.08. The summed E-state index contributed by atoms with van der Waals surface area (Å²) in [7, 11) is 0. The standard InChI is InChI=1S/C19H33NO2/c1-4-20(5-2)8-6-7-19(22-14(3)21)17-10-15-9-16(12-17)13-18(19)11-15/h15-18H,4-13H2,1-3H3. The Morgan fingerprint density at radius 2 is 1.59 bits per heavy atom. The van der Waals surface area contributed by atoms with Gasteiger partial charge in [0.15, 0.2) is 0 Å². The topological polar surface area (TPSA) is 29.5 Å². The highest BCUT2D eigenvalue weighted by atomic mass is 16.6. The van der Waals surface area contributed by atoms with Crippen molar-refractivity contribution in [2.24, 2.45) is 23.7 Å². The van der Waals surface area contributed by atoms with E-state index in [1.54, 1.807) is 6.92 Å². The molecule has 4 rings (SSSR count). The molecule has 0 aromatic rings. The fourth-order valence-electron chi connectivity index (χ4n) is 5.99. The number of carbonyl (C=O) groups excluding carboxylic acids is 1. The fraction of sp³-hybridized carbons (Fsp3) is 0.947. The summed E-state index contributed by atoms with van der Waals surface area (Å²) in [5, 5.41) is 0. The minimum Gasteiger partial charge on any atom is -0.459 e. The van der Waals surface area contributed by atoms with E-state index in [2.05, 4.69) is 18.7 Å². The summed E-state index contributed by atoms with van der Waals surface area (Å²) in [6.07, 6.45) is 8.94. The van der Waals surface area contributed by atoms with Gasteiger partial charge in [-0.15, -0.1) is 0 Å². The zero-order chi connectivity index (χ0) is 15.7. The first kappa shape index (κ1) is 16.3. The molecular weight excluding hydrogens is 274 g/mol. The van der Waals surface area contributed by atoms with Crippen LogP contribution in [-0.2, 0) is 9.53 Å². The molecular formula is C19H33NO2. The van der Waals surface area contributed by atoms with Crippen molar-refractivity contribution >= 4 is 5.97 Å². The second-order valence-corrected chi connectivity index (χ2v) is 7.98. The quantitative estimate of drug-likeness (QED) is 0.669. The zero-order valence-corrected chi connectivity index (χ0v) is 14.6. The molecule has 0 atom stereocenters. The first-order valence-electron chi connectivity index (χ1n) is 9.49. The van der Waals surface area contributed by atoms with Gasteiger partial charge in [0.05, 0.1) is 0 Å². The summed E-state index contributed by atoms with van der Waals surface area (Å²) < 4.78 is 6.11. The average Bonchev–Trinajstić information content (AvgIpc) is 2.47. The van der Waals surface area contributed by atoms with Crippen molar-refractivity contribution in [1.29, 1.82) is 0 Å². The van der Waals surface area contributed by atoms with Crippen LogP contribution in [0.3, 0.4) is 0 Å². The van der Waals surface area contributed by atoms with E-state index in [9.17, 15) is 4.79 Å². The van der Waals surface area contributed by atoms with Crippen LogP contribution in [0.25, 0.3) is 0 Å². The molecule has 3 heteroatoms. The van der Waals surface area contributed by atoms with Crippen molar-refractivity contribution in [1.82, 2.24) is 4.90 Å². The molecule has 0 aromatic heterocycles. The molecule has 4 fully saturated rings. The number of nitrogens with zero attached hydrogens (tertiary/aromatic N) is 1. The van der Waals surface area contributed by atoms with Gasteiger partial charge in [-0.25, -0.2) is 0 Å². The number of ether oxygens (including phenoxy) is 1. The second kappa shape index (κ2) is 6.51. The lowest BCUT2D eigenvalue weighted by Gasteiger charge is -2.60. The first-order valence-corrected chi connectivity index (χ1v) is 9.49. The number of hydrogen-bond donors (Lipinski definition) is 0.